The smallest absolute Gasteiger partial charge is 0.419 e. The number of hydrogen-bond acceptors (Lipinski definition) is 5. The van der Waals surface area contributed by atoms with Gasteiger partial charge in [-0.05, 0) is 44.6 Å². The van der Waals surface area contributed by atoms with Gasteiger partial charge in [-0.25, -0.2) is 14.4 Å². The first-order valence-corrected chi connectivity index (χ1v) is 9.06. The number of nitrogens with zero attached hydrogens (tertiary/aromatic N) is 2. The monoisotopic (exact) mass is 400 g/mol. The average Bonchev–Trinajstić information content (AvgIpc) is 2.99. The lowest BCUT2D eigenvalue weighted by Crippen LogP contribution is -2.22. The van der Waals surface area contributed by atoms with Gasteiger partial charge in [0.2, 0.25) is 0 Å². The van der Waals surface area contributed by atoms with Crippen LogP contribution in [0.3, 0.4) is 0 Å². The van der Waals surface area contributed by atoms with E-state index in [-0.39, 0.29) is 5.76 Å². The zero-order chi connectivity index (χ0) is 21.4. The molecule has 2 N–H and O–H groups in total. The van der Waals surface area contributed by atoms with Crippen molar-refractivity contribution in [1.82, 2.24) is 9.47 Å². The second-order valence-electron chi connectivity index (χ2n) is 6.67. The number of aryl methyl sites for hydroxylation is 2. The molecule has 2 aromatic carbocycles. The molecule has 0 atom stereocenters. The third-order valence-electron chi connectivity index (χ3n) is 4.25. The van der Waals surface area contributed by atoms with Crippen LogP contribution in [0.5, 0.6) is 0 Å². The van der Waals surface area contributed by atoms with Gasteiger partial charge < -0.3 is 19.5 Å². The fourth-order valence-electron chi connectivity index (χ4n) is 2.81. The molecule has 0 aliphatic carbocycles. The number of oxazole rings is 1. The molecule has 0 bridgehead atoms. The molecule has 154 valence electrons. The quantitative estimate of drug-likeness (QED) is 0.612. The molecule has 0 spiro atoms. The highest BCUT2D eigenvalue weighted by atomic mass is 16.4. The van der Waals surface area contributed by atoms with Crippen molar-refractivity contribution < 1.29 is 24.2 Å². The first kappa shape index (κ1) is 21.9. The number of aromatic nitrogens is 1. The minimum absolute atomic E-state index is 0.271. The lowest BCUT2D eigenvalue weighted by Gasteiger charge is -2.16. The summed E-state index contributed by atoms with van der Waals surface area (Å²) in [6.45, 7) is 4.62. The normalized spacial score (nSPS) is 10.6. The van der Waals surface area contributed by atoms with Gasteiger partial charge in [0.05, 0.1) is 5.52 Å². The number of para-hydroxylation sites is 2. The van der Waals surface area contributed by atoms with Crippen molar-refractivity contribution in [2.45, 2.75) is 26.4 Å². The van der Waals surface area contributed by atoms with Crippen molar-refractivity contribution in [1.29, 1.82) is 0 Å². The highest BCUT2D eigenvalue weighted by Gasteiger charge is 2.08. The highest BCUT2D eigenvalue weighted by Crippen LogP contribution is 2.12. The largest absolute Gasteiger partial charge is 0.473 e. The molecule has 29 heavy (non-hydrogen) atoms. The molecule has 0 amide bonds. The number of carbonyl (C=O) groups is 2. The third-order valence-corrected chi connectivity index (χ3v) is 4.25. The Morgan fingerprint density at radius 3 is 2.28 bits per heavy atom. The van der Waals surface area contributed by atoms with Crippen LogP contribution in [0.15, 0.2) is 57.7 Å². The Morgan fingerprint density at radius 1 is 1.03 bits per heavy atom. The maximum absolute atomic E-state index is 11.9. The van der Waals surface area contributed by atoms with Gasteiger partial charge in [-0.15, -0.1) is 0 Å². The number of carboxylic acids is 2. The molecular formula is C21H24N2O6. The summed E-state index contributed by atoms with van der Waals surface area (Å²) >= 11 is 0. The Labute approximate surface area is 167 Å². The average molecular weight is 400 g/mol. The van der Waals surface area contributed by atoms with E-state index in [0.717, 1.165) is 25.0 Å². The molecule has 8 nitrogen and oxygen atoms in total. The number of benzene rings is 2. The first-order chi connectivity index (χ1) is 13.8. The van der Waals surface area contributed by atoms with E-state index in [1.165, 1.54) is 11.1 Å². The second kappa shape index (κ2) is 10.2. The van der Waals surface area contributed by atoms with Crippen molar-refractivity contribution in [2.24, 2.45) is 0 Å². The summed E-state index contributed by atoms with van der Waals surface area (Å²) in [5.74, 6) is -3.92. The predicted molar refractivity (Wildman–Crippen MR) is 108 cm³/mol. The summed E-state index contributed by atoms with van der Waals surface area (Å²) < 4.78 is 6.97. The van der Waals surface area contributed by atoms with Crippen LogP contribution in [0.25, 0.3) is 11.1 Å². The second-order valence-corrected chi connectivity index (χ2v) is 6.67. The van der Waals surface area contributed by atoms with Gasteiger partial charge in [-0.1, -0.05) is 42.0 Å². The summed E-state index contributed by atoms with van der Waals surface area (Å²) in [5, 5.41) is 14.8. The Balaban J connectivity index is 0.000000438. The van der Waals surface area contributed by atoms with Gasteiger partial charge in [0.25, 0.3) is 0 Å². The molecule has 0 fully saturated rings. The molecule has 3 rings (SSSR count). The van der Waals surface area contributed by atoms with Crippen molar-refractivity contribution in [3.05, 3.63) is 70.2 Å². The van der Waals surface area contributed by atoms with Crippen LogP contribution in [0.2, 0.25) is 0 Å². The molecule has 0 radical (unpaired) electrons. The van der Waals surface area contributed by atoms with Gasteiger partial charge in [0, 0.05) is 13.1 Å². The number of hydrogen-bond donors (Lipinski definition) is 2. The maximum atomic E-state index is 11.9. The third kappa shape index (κ3) is 6.62. The summed E-state index contributed by atoms with van der Waals surface area (Å²) in [6.07, 6.45) is 0.909. The number of carboxylic acid groups (broad SMARTS) is 2. The van der Waals surface area contributed by atoms with Crippen molar-refractivity contribution in [3.63, 3.8) is 0 Å². The first-order valence-electron chi connectivity index (χ1n) is 9.06. The van der Waals surface area contributed by atoms with Crippen LogP contribution in [-0.4, -0.2) is 45.2 Å². The van der Waals surface area contributed by atoms with Crippen LogP contribution in [0.4, 0.5) is 0 Å². The molecule has 0 aliphatic rings. The summed E-state index contributed by atoms with van der Waals surface area (Å²) in [7, 11) is 2.11. The molecule has 0 aliphatic heterocycles. The zero-order valence-corrected chi connectivity index (χ0v) is 16.4. The Kier molecular flexibility index (Phi) is 7.73. The Hall–Kier alpha value is -3.39. The van der Waals surface area contributed by atoms with Gasteiger partial charge >= 0.3 is 17.7 Å². The topological polar surface area (TPSA) is 113 Å². The molecular weight excluding hydrogens is 376 g/mol. The highest BCUT2D eigenvalue weighted by molar-refractivity contribution is 6.27. The van der Waals surface area contributed by atoms with Gasteiger partial charge in [-0.2, -0.15) is 0 Å². The Morgan fingerprint density at radius 2 is 1.66 bits per heavy atom. The summed E-state index contributed by atoms with van der Waals surface area (Å²) in [6, 6.07) is 16.2. The molecule has 8 heteroatoms. The van der Waals surface area contributed by atoms with E-state index in [1.807, 2.05) is 24.3 Å². The standard InChI is InChI=1S/C19H22N2O2.C2H2O4/c1-15-8-10-16(11-9-15)14-20(2)12-5-13-21-17-6-3-4-7-18(17)23-19(21)22;3-1(4)2(5)6/h3-4,6-11H,5,12-14H2,1-2H3;(H,3,4)(H,5,6). The van der Waals surface area contributed by atoms with Gasteiger partial charge in [0.15, 0.2) is 5.58 Å². The van der Waals surface area contributed by atoms with Crippen LogP contribution in [-0.2, 0) is 22.7 Å². The van der Waals surface area contributed by atoms with E-state index < -0.39 is 11.9 Å². The fourth-order valence-corrected chi connectivity index (χ4v) is 2.81. The van der Waals surface area contributed by atoms with Crippen LogP contribution in [0, 0.1) is 6.92 Å². The lowest BCUT2D eigenvalue weighted by molar-refractivity contribution is -0.159. The molecule has 0 unspecified atom stereocenters. The fraction of sp³-hybridized carbons (Fsp3) is 0.286. The van der Waals surface area contributed by atoms with E-state index in [1.54, 1.807) is 4.57 Å². The zero-order valence-electron chi connectivity index (χ0n) is 16.4. The van der Waals surface area contributed by atoms with Gasteiger partial charge in [-0.3, -0.25) is 4.57 Å². The van der Waals surface area contributed by atoms with E-state index in [2.05, 4.69) is 43.1 Å². The minimum atomic E-state index is -1.82. The number of aliphatic carboxylic acids is 2. The summed E-state index contributed by atoms with van der Waals surface area (Å²) in [5.41, 5.74) is 4.12. The molecule has 3 aromatic rings. The number of fused-ring (bicyclic) bond motifs is 1. The van der Waals surface area contributed by atoms with Crippen molar-refractivity contribution >= 4 is 23.0 Å². The van der Waals surface area contributed by atoms with Crippen molar-refractivity contribution in [3.8, 4) is 0 Å². The van der Waals surface area contributed by atoms with E-state index in [9.17, 15) is 4.79 Å². The van der Waals surface area contributed by atoms with Crippen molar-refractivity contribution in [2.75, 3.05) is 13.6 Å². The number of rotatable bonds is 6. The molecule has 0 saturated carbocycles. The van der Waals surface area contributed by atoms with E-state index in [0.29, 0.717) is 12.1 Å². The molecule has 1 aromatic heterocycles. The van der Waals surface area contributed by atoms with Gasteiger partial charge in [0.1, 0.15) is 0 Å². The summed E-state index contributed by atoms with van der Waals surface area (Å²) in [4.78, 5) is 32.4. The van der Waals surface area contributed by atoms with E-state index >= 15 is 0 Å². The predicted octanol–water partition coefficient (Wildman–Crippen LogP) is 2.58. The minimum Gasteiger partial charge on any atom is -0.473 e. The van der Waals surface area contributed by atoms with Crippen LogP contribution in [0.1, 0.15) is 17.5 Å². The Bertz CT molecular complexity index is 1010. The molecule has 0 saturated heterocycles. The molecule has 1 heterocycles. The maximum Gasteiger partial charge on any atom is 0.419 e. The van der Waals surface area contributed by atoms with Crippen LogP contribution >= 0.6 is 0 Å². The van der Waals surface area contributed by atoms with E-state index in [4.69, 9.17) is 24.2 Å². The SMILES string of the molecule is Cc1ccc(CN(C)CCCn2c(=O)oc3ccccc32)cc1.O=C(O)C(=O)O. The van der Waals surface area contributed by atoms with Crippen LogP contribution < -0.4 is 5.76 Å². The lowest BCUT2D eigenvalue weighted by atomic mass is 10.1.